The quantitative estimate of drug-likeness (QED) is 0.729. The molecule has 0 N–H and O–H groups in total. The fourth-order valence-corrected chi connectivity index (χ4v) is 6.60. The Labute approximate surface area is 167 Å². The van der Waals surface area contributed by atoms with Crippen molar-refractivity contribution in [3.8, 4) is 5.75 Å². The summed E-state index contributed by atoms with van der Waals surface area (Å²) in [5.74, 6) is 3.01. The molecule has 2 saturated carbocycles. The Balaban J connectivity index is 1.32. The molecule has 7 heteroatoms. The summed E-state index contributed by atoms with van der Waals surface area (Å²) in [6.45, 7) is 4.12. The number of nitrogens with zero attached hydrogens (tertiary/aromatic N) is 2. The summed E-state index contributed by atoms with van der Waals surface area (Å²) in [5.41, 5.74) is 0. The molecule has 1 aromatic rings. The van der Waals surface area contributed by atoms with Crippen LogP contribution in [-0.4, -0.2) is 56.3 Å². The van der Waals surface area contributed by atoms with Gasteiger partial charge in [-0.25, -0.2) is 8.42 Å². The lowest BCUT2D eigenvalue weighted by Gasteiger charge is -2.35. The Kier molecular flexibility index (Phi) is 5.65. The van der Waals surface area contributed by atoms with Crippen molar-refractivity contribution >= 4 is 15.9 Å². The van der Waals surface area contributed by atoms with E-state index >= 15 is 0 Å². The fourth-order valence-electron chi connectivity index (χ4n) is 5.18. The Morgan fingerprint density at radius 2 is 1.79 bits per heavy atom. The molecule has 4 rings (SSSR count). The number of carbonyl (C=O) groups is 1. The normalized spacial score (nSPS) is 27.9. The van der Waals surface area contributed by atoms with Crippen LogP contribution in [0.2, 0.25) is 0 Å². The van der Waals surface area contributed by atoms with Gasteiger partial charge in [0.2, 0.25) is 15.9 Å². The molecule has 1 heterocycles. The number of hydrogen-bond donors (Lipinski definition) is 0. The van der Waals surface area contributed by atoms with Crippen molar-refractivity contribution < 1.29 is 17.9 Å². The number of sulfonamides is 1. The van der Waals surface area contributed by atoms with E-state index in [9.17, 15) is 13.2 Å². The highest BCUT2D eigenvalue weighted by Crippen LogP contribution is 2.49. The van der Waals surface area contributed by atoms with Crippen LogP contribution in [0.25, 0.3) is 0 Å². The molecule has 1 aliphatic heterocycles. The minimum Gasteiger partial charge on any atom is -0.494 e. The molecule has 1 saturated heterocycles. The smallest absolute Gasteiger partial charge is 0.243 e. The van der Waals surface area contributed by atoms with Gasteiger partial charge in [0, 0.05) is 32.6 Å². The van der Waals surface area contributed by atoms with Crippen LogP contribution >= 0.6 is 0 Å². The molecule has 3 aliphatic rings. The molecule has 154 valence electrons. The maximum atomic E-state index is 12.9. The van der Waals surface area contributed by atoms with E-state index < -0.39 is 10.0 Å². The third-order valence-electron chi connectivity index (χ3n) is 6.69. The summed E-state index contributed by atoms with van der Waals surface area (Å²) in [4.78, 5) is 14.8. The first-order valence-electron chi connectivity index (χ1n) is 10.5. The van der Waals surface area contributed by atoms with E-state index in [4.69, 9.17) is 4.74 Å². The first-order valence-corrected chi connectivity index (χ1v) is 11.9. The van der Waals surface area contributed by atoms with Gasteiger partial charge < -0.3 is 9.64 Å². The van der Waals surface area contributed by atoms with Crippen molar-refractivity contribution in [2.24, 2.45) is 17.8 Å². The van der Waals surface area contributed by atoms with Crippen LogP contribution in [0.3, 0.4) is 0 Å². The van der Waals surface area contributed by atoms with Gasteiger partial charge in [0.1, 0.15) is 5.75 Å². The van der Waals surface area contributed by atoms with Crippen LogP contribution in [0.15, 0.2) is 29.2 Å². The van der Waals surface area contributed by atoms with E-state index in [1.165, 1.54) is 30.0 Å². The lowest BCUT2D eigenvalue weighted by atomic mass is 9.86. The summed E-state index contributed by atoms with van der Waals surface area (Å²) >= 11 is 0. The molecule has 2 aliphatic carbocycles. The van der Waals surface area contributed by atoms with Crippen molar-refractivity contribution in [3.05, 3.63) is 24.3 Å². The van der Waals surface area contributed by atoms with E-state index in [2.05, 4.69) is 0 Å². The first-order chi connectivity index (χ1) is 13.5. The largest absolute Gasteiger partial charge is 0.494 e. The Bertz CT molecular complexity index is 800. The number of ether oxygens (including phenoxy) is 1. The zero-order chi connectivity index (χ0) is 19.7. The minimum absolute atomic E-state index is 0.204. The van der Waals surface area contributed by atoms with Crippen LogP contribution in [0.1, 0.15) is 39.0 Å². The van der Waals surface area contributed by atoms with Gasteiger partial charge in [-0.05, 0) is 68.2 Å². The highest BCUT2D eigenvalue weighted by molar-refractivity contribution is 7.89. The Morgan fingerprint density at radius 1 is 1.07 bits per heavy atom. The molecule has 28 heavy (non-hydrogen) atoms. The maximum absolute atomic E-state index is 12.9. The lowest BCUT2D eigenvalue weighted by Crippen LogP contribution is -2.50. The summed E-state index contributed by atoms with van der Waals surface area (Å²) in [7, 11) is -3.53. The zero-order valence-corrected chi connectivity index (χ0v) is 17.4. The molecule has 2 bridgehead atoms. The molecule has 6 nitrogen and oxygen atoms in total. The minimum atomic E-state index is -3.53. The number of amides is 1. The summed E-state index contributed by atoms with van der Waals surface area (Å²) in [5, 5.41) is 0. The number of carbonyl (C=O) groups excluding carboxylic acids is 1. The summed E-state index contributed by atoms with van der Waals surface area (Å²) in [6, 6.07) is 6.55. The van der Waals surface area contributed by atoms with Gasteiger partial charge in [-0.15, -0.1) is 0 Å². The van der Waals surface area contributed by atoms with Crippen molar-refractivity contribution in [2.75, 3.05) is 32.8 Å². The monoisotopic (exact) mass is 406 g/mol. The standard InChI is InChI=1S/C21H30N2O4S/c1-2-27-19-5-7-20(8-6-19)28(25,26)23-11-9-22(10-12-23)21(24)15-18-14-16-3-4-17(18)13-16/h5-8,16-18H,2-4,9-15H2,1H3/t16-,17-,18+/m1/s1. The number of fused-ring (bicyclic) bond motifs is 2. The summed E-state index contributed by atoms with van der Waals surface area (Å²) in [6.07, 6.45) is 5.80. The second-order valence-electron chi connectivity index (χ2n) is 8.33. The second kappa shape index (κ2) is 8.03. The Morgan fingerprint density at radius 3 is 2.36 bits per heavy atom. The van der Waals surface area contributed by atoms with Crippen molar-refractivity contribution in [1.29, 1.82) is 0 Å². The number of piperazine rings is 1. The highest BCUT2D eigenvalue weighted by atomic mass is 32.2. The van der Waals surface area contributed by atoms with Crippen LogP contribution in [0, 0.1) is 17.8 Å². The van der Waals surface area contributed by atoms with Crippen molar-refractivity contribution in [1.82, 2.24) is 9.21 Å². The van der Waals surface area contributed by atoms with Crippen LogP contribution in [-0.2, 0) is 14.8 Å². The van der Waals surface area contributed by atoms with Crippen molar-refractivity contribution in [2.45, 2.75) is 43.9 Å². The van der Waals surface area contributed by atoms with Crippen LogP contribution in [0.5, 0.6) is 5.75 Å². The van der Waals surface area contributed by atoms with Crippen LogP contribution < -0.4 is 4.74 Å². The van der Waals surface area contributed by atoms with E-state index in [0.29, 0.717) is 50.9 Å². The third-order valence-corrected chi connectivity index (χ3v) is 8.60. The Hall–Kier alpha value is -1.60. The summed E-state index contributed by atoms with van der Waals surface area (Å²) < 4.78 is 32.6. The topological polar surface area (TPSA) is 66.9 Å². The molecule has 0 unspecified atom stereocenters. The van der Waals surface area contributed by atoms with E-state index in [1.54, 1.807) is 24.3 Å². The average Bonchev–Trinajstić information content (AvgIpc) is 3.32. The predicted octanol–water partition coefficient (Wildman–Crippen LogP) is 2.74. The van der Waals surface area contributed by atoms with Gasteiger partial charge in [-0.2, -0.15) is 4.31 Å². The van der Waals surface area contributed by atoms with E-state index in [1.807, 2.05) is 11.8 Å². The molecule has 0 spiro atoms. The first kappa shape index (κ1) is 19.7. The molecular weight excluding hydrogens is 376 g/mol. The van der Waals surface area contributed by atoms with Gasteiger partial charge in [0.15, 0.2) is 0 Å². The van der Waals surface area contributed by atoms with Crippen molar-refractivity contribution in [3.63, 3.8) is 0 Å². The molecule has 0 aromatic heterocycles. The molecular formula is C21H30N2O4S. The van der Waals surface area contributed by atoms with Gasteiger partial charge in [-0.1, -0.05) is 6.42 Å². The molecule has 1 aromatic carbocycles. The van der Waals surface area contributed by atoms with Gasteiger partial charge in [-0.3, -0.25) is 4.79 Å². The van der Waals surface area contributed by atoms with Gasteiger partial charge in [0.25, 0.3) is 0 Å². The molecule has 3 fully saturated rings. The molecule has 0 radical (unpaired) electrons. The van der Waals surface area contributed by atoms with E-state index in [0.717, 1.165) is 11.8 Å². The lowest BCUT2D eigenvalue weighted by molar-refractivity contribution is -0.133. The number of hydrogen-bond acceptors (Lipinski definition) is 4. The zero-order valence-electron chi connectivity index (χ0n) is 16.5. The highest BCUT2D eigenvalue weighted by Gasteiger charge is 2.41. The van der Waals surface area contributed by atoms with Gasteiger partial charge in [0.05, 0.1) is 11.5 Å². The second-order valence-corrected chi connectivity index (χ2v) is 10.3. The fraction of sp³-hybridized carbons (Fsp3) is 0.667. The average molecular weight is 407 g/mol. The molecule has 1 amide bonds. The van der Waals surface area contributed by atoms with Gasteiger partial charge >= 0.3 is 0 Å². The third kappa shape index (κ3) is 3.92. The maximum Gasteiger partial charge on any atom is 0.243 e. The number of benzene rings is 1. The van der Waals surface area contributed by atoms with Crippen LogP contribution in [0.4, 0.5) is 0 Å². The predicted molar refractivity (Wildman–Crippen MR) is 107 cm³/mol. The number of rotatable bonds is 6. The molecule has 3 atom stereocenters. The SMILES string of the molecule is CCOc1ccc(S(=O)(=O)N2CCN(C(=O)C[C@@H]3C[C@@H]4CC[C@@H]3C4)CC2)cc1. The van der Waals surface area contributed by atoms with E-state index in [-0.39, 0.29) is 10.8 Å².